The van der Waals surface area contributed by atoms with Gasteiger partial charge in [0.1, 0.15) is 0 Å². The fourth-order valence-electron chi connectivity index (χ4n) is 3.74. The van der Waals surface area contributed by atoms with Crippen molar-refractivity contribution in [2.24, 2.45) is 11.8 Å². The van der Waals surface area contributed by atoms with Gasteiger partial charge in [-0.05, 0) is 38.7 Å². The van der Waals surface area contributed by atoms with Crippen LogP contribution in [0.1, 0.15) is 58.4 Å². The number of nitrogens with zero attached hydrogens (tertiary/aromatic N) is 1. The molecule has 0 saturated heterocycles. The zero-order chi connectivity index (χ0) is 21.9. The van der Waals surface area contributed by atoms with E-state index in [1.165, 1.54) is 0 Å². The topological polar surface area (TPSA) is 72.9 Å². The highest BCUT2D eigenvalue weighted by Crippen LogP contribution is 2.33. The van der Waals surface area contributed by atoms with E-state index in [0.29, 0.717) is 13.0 Å². The summed E-state index contributed by atoms with van der Waals surface area (Å²) >= 11 is 0. The average molecular weight is 416 g/mol. The van der Waals surface area contributed by atoms with Crippen molar-refractivity contribution in [3.63, 3.8) is 0 Å². The van der Waals surface area contributed by atoms with E-state index >= 15 is 0 Å². The highest BCUT2D eigenvalue weighted by Gasteiger charge is 2.44. The van der Waals surface area contributed by atoms with E-state index in [1.54, 1.807) is 18.7 Å². The third-order valence-corrected chi connectivity index (χ3v) is 5.20. The van der Waals surface area contributed by atoms with Gasteiger partial charge in [-0.25, -0.2) is 0 Å². The van der Waals surface area contributed by atoms with Gasteiger partial charge in [0.2, 0.25) is 5.91 Å². The van der Waals surface area contributed by atoms with Gasteiger partial charge in [0.05, 0.1) is 25.7 Å². The number of hydrogen-bond donors (Lipinski definition) is 0. The summed E-state index contributed by atoms with van der Waals surface area (Å²) in [5.74, 6) is -3.68. The smallest absolute Gasteiger partial charge is 0.321 e. The molecule has 0 spiro atoms. The molecule has 164 valence electrons. The van der Waals surface area contributed by atoms with Crippen molar-refractivity contribution in [1.29, 1.82) is 0 Å². The fourth-order valence-corrected chi connectivity index (χ4v) is 3.74. The van der Waals surface area contributed by atoms with Crippen LogP contribution >= 0.6 is 0 Å². The summed E-state index contributed by atoms with van der Waals surface area (Å²) < 4.78 is 10.3. The lowest BCUT2D eigenvalue weighted by Crippen LogP contribution is -2.45. The van der Waals surface area contributed by atoms with E-state index < -0.39 is 23.8 Å². The third-order valence-electron chi connectivity index (χ3n) is 5.20. The highest BCUT2D eigenvalue weighted by atomic mass is 16.6. The van der Waals surface area contributed by atoms with Gasteiger partial charge in [0.25, 0.3) is 0 Å². The molecule has 0 bridgehead atoms. The quantitative estimate of drug-likeness (QED) is 0.307. The second-order valence-electron chi connectivity index (χ2n) is 7.49. The van der Waals surface area contributed by atoms with Crippen LogP contribution < -0.4 is 0 Å². The van der Waals surface area contributed by atoms with Crippen molar-refractivity contribution in [3.05, 3.63) is 47.7 Å². The highest BCUT2D eigenvalue weighted by molar-refractivity contribution is 6.00. The molecule has 0 radical (unpaired) electrons. The Balaban J connectivity index is 2.33. The molecule has 1 amide bonds. The lowest BCUT2D eigenvalue weighted by molar-refractivity contribution is -0.168. The van der Waals surface area contributed by atoms with Crippen molar-refractivity contribution in [1.82, 2.24) is 4.90 Å². The van der Waals surface area contributed by atoms with Crippen LogP contribution in [0.5, 0.6) is 0 Å². The number of carbonyl (C=O) groups is 3. The SMILES string of the molecule is CCCCCC1=CN(Cc2ccccc2)C(=O)C(C(C(=O)OCC)C(=O)OCC)C1. The summed E-state index contributed by atoms with van der Waals surface area (Å²) in [4.78, 5) is 40.2. The first kappa shape index (κ1) is 23.6. The van der Waals surface area contributed by atoms with Gasteiger partial charge in [-0.3, -0.25) is 14.4 Å². The van der Waals surface area contributed by atoms with Crippen molar-refractivity contribution in [2.45, 2.75) is 59.4 Å². The van der Waals surface area contributed by atoms with Crippen LogP contribution in [0.15, 0.2) is 42.1 Å². The minimum Gasteiger partial charge on any atom is -0.465 e. The molecule has 0 fully saturated rings. The Morgan fingerprint density at radius 3 is 2.23 bits per heavy atom. The predicted octanol–water partition coefficient (Wildman–Crippen LogP) is 4.24. The summed E-state index contributed by atoms with van der Waals surface area (Å²) in [5.41, 5.74) is 2.06. The van der Waals surface area contributed by atoms with E-state index in [1.807, 2.05) is 36.5 Å². The van der Waals surface area contributed by atoms with Gasteiger partial charge in [0.15, 0.2) is 5.92 Å². The minimum absolute atomic E-state index is 0.141. The molecular weight excluding hydrogens is 382 g/mol. The molecule has 2 rings (SSSR count). The molecule has 1 atom stereocenters. The lowest BCUT2D eigenvalue weighted by atomic mass is 9.82. The largest absolute Gasteiger partial charge is 0.465 e. The Morgan fingerprint density at radius 1 is 1.03 bits per heavy atom. The molecule has 30 heavy (non-hydrogen) atoms. The van der Waals surface area contributed by atoms with Crippen LogP contribution in [0.2, 0.25) is 0 Å². The summed E-state index contributed by atoms with van der Waals surface area (Å²) in [7, 11) is 0. The lowest BCUT2D eigenvalue weighted by Gasteiger charge is -2.33. The standard InChI is InChI=1S/C24H33NO5/c1-4-7-9-14-19-15-20(21(23(27)29-5-2)24(28)30-6-3)22(26)25(17-19)16-18-12-10-8-11-13-18/h8,10-13,17,20-21H,4-7,9,14-16H2,1-3H3. The van der Waals surface area contributed by atoms with Gasteiger partial charge in [-0.2, -0.15) is 0 Å². The second kappa shape index (κ2) is 12.2. The minimum atomic E-state index is -1.24. The first-order chi connectivity index (χ1) is 14.5. The van der Waals surface area contributed by atoms with Crippen LogP contribution in [-0.2, 0) is 30.4 Å². The molecule has 6 nitrogen and oxygen atoms in total. The maximum Gasteiger partial charge on any atom is 0.321 e. The van der Waals surface area contributed by atoms with E-state index in [9.17, 15) is 14.4 Å². The van der Waals surface area contributed by atoms with Gasteiger partial charge in [0, 0.05) is 6.20 Å². The molecule has 6 heteroatoms. The molecule has 1 aliphatic rings. The first-order valence-corrected chi connectivity index (χ1v) is 10.9. The van der Waals surface area contributed by atoms with Gasteiger partial charge in [-0.15, -0.1) is 0 Å². The molecule has 0 aromatic heterocycles. The molecule has 0 saturated carbocycles. The monoisotopic (exact) mass is 415 g/mol. The Kier molecular flexibility index (Phi) is 9.58. The average Bonchev–Trinajstić information content (AvgIpc) is 2.72. The summed E-state index contributed by atoms with van der Waals surface area (Å²) in [5, 5.41) is 0. The summed E-state index contributed by atoms with van der Waals surface area (Å²) in [6.07, 6.45) is 6.30. The number of esters is 2. The number of ether oxygens (including phenoxy) is 2. The fraction of sp³-hybridized carbons (Fsp3) is 0.542. The van der Waals surface area contributed by atoms with E-state index in [-0.39, 0.29) is 19.1 Å². The number of allylic oxidation sites excluding steroid dienone is 1. The number of rotatable bonds is 11. The molecule has 1 aliphatic heterocycles. The second-order valence-corrected chi connectivity index (χ2v) is 7.49. The van der Waals surface area contributed by atoms with Gasteiger partial charge in [-0.1, -0.05) is 55.7 Å². The summed E-state index contributed by atoms with van der Waals surface area (Å²) in [6.45, 7) is 6.18. The molecule has 1 heterocycles. The number of hydrogen-bond acceptors (Lipinski definition) is 5. The van der Waals surface area contributed by atoms with Crippen molar-refractivity contribution in [2.75, 3.05) is 13.2 Å². The molecule has 0 aliphatic carbocycles. The van der Waals surface area contributed by atoms with Gasteiger partial charge >= 0.3 is 11.9 Å². The van der Waals surface area contributed by atoms with Gasteiger partial charge < -0.3 is 14.4 Å². The van der Waals surface area contributed by atoms with Crippen molar-refractivity contribution >= 4 is 17.8 Å². The van der Waals surface area contributed by atoms with Crippen molar-refractivity contribution < 1.29 is 23.9 Å². The maximum absolute atomic E-state index is 13.3. The van der Waals surface area contributed by atoms with E-state index in [2.05, 4.69) is 6.92 Å². The molecule has 0 N–H and O–H groups in total. The molecular formula is C24H33NO5. The van der Waals surface area contributed by atoms with Crippen LogP contribution in [0.4, 0.5) is 0 Å². The Labute approximate surface area is 179 Å². The molecule has 1 aromatic rings. The maximum atomic E-state index is 13.3. The third kappa shape index (κ3) is 6.44. The number of amides is 1. The number of benzene rings is 1. The van der Waals surface area contributed by atoms with Crippen LogP contribution in [0.25, 0.3) is 0 Å². The van der Waals surface area contributed by atoms with E-state index in [0.717, 1.165) is 36.8 Å². The normalized spacial score (nSPS) is 16.4. The van der Waals surface area contributed by atoms with Crippen molar-refractivity contribution in [3.8, 4) is 0 Å². The zero-order valence-electron chi connectivity index (χ0n) is 18.3. The van der Waals surface area contributed by atoms with Crippen LogP contribution in [0, 0.1) is 11.8 Å². The first-order valence-electron chi connectivity index (χ1n) is 10.9. The Bertz CT molecular complexity index is 725. The molecule has 1 unspecified atom stereocenters. The summed E-state index contributed by atoms with van der Waals surface area (Å²) in [6, 6.07) is 9.68. The Hall–Kier alpha value is -2.63. The zero-order valence-corrected chi connectivity index (χ0v) is 18.3. The van der Waals surface area contributed by atoms with E-state index in [4.69, 9.17) is 9.47 Å². The number of unbranched alkanes of at least 4 members (excludes halogenated alkanes) is 2. The number of carbonyl (C=O) groups excluding carboxylic acids is 3. The van der Waals surface area contributed by atoms with Crippen LogP contribution in [-0.4, -0.2) is 36.0 Å². The predicted molar refractivity (Wildman–Crippen MR) is 114 cm³/mol. The molecule has 1 aromatic carbocycles. The van der Waals surface area contributed by atoms with Crippen LogP contribution in [0.3, 0.4) is 0 Å². The Morgan fingerprint density at radius 2 is 1.67 bits per heavy atom.